The van der Waals surface area contributed by atoms with Crippen LogP contribution in [0.15, 0.2) is 9.98 Å². The molecule has 0 atom stereocenters. The molecule has 0 saturated carbocycles. The van der Waals surface area contributed by atoms with E-state index in [1.54, 1.807) is 0 Å². The largest absolute Gasteiger partial charge is 0.313 e. The molecule has 0 saturated heterocycles. The van der Waals surface area contributed by atoms with Crippen LogP contribution >= 0.6 is 0 Å². The molecule has 0 rings (SSSR count). The zero-order chi connectivity index (χ0) is 13.3. The Balaban J connectivity index is 3.54. The first kappa shape index (κ1) is 16.3. The van der Waals surface area contributed by atoms with Crippen molar-refractivity contribution in [3.05, 3.63) is 0 Å². The van der Waals surface area contributed by atoms with Gasteiger partial charge in [-0.15, -0.1) is 0 Å². The quantitative estimate of drug-likeness (QED) is 0.513. The summed E-state index contributed by atoms with van der Waals surface area (Å²) in [6.07, 6.45) is 0. The lowest BCUT2D eigenvalue weighted by Crippen LogP contribution is -2.22. The highest BCUT2D eigenvalue weighted by molar-refractivity contribution is 5.84. The highest BCUT2D eigenvalue weighted by Crippen LogP contribution is 1.96. The molecular formula is C14H29N3. The van der Waals surface area contributed by atoms with E-state index in [9.17, 15) is 0 Å². The van der Waals surface area contributed by atoms with Crippen molar-refractivity contribution in [1.82, 2.24) is 5.32 Å². The summed E-state index contributed by atoms with van der Waals surface area (Å²) in [4.78, 5) is 9.01. The summed E-state index contributed by atoms with van der Waals surface area (Å²) in [5.74, 6) is 1.13. The third kappa shape index (κ3) is 9.04. The van der Waals surface area contributed by atoms with Gasteiger partial charge in [0, 0.05) is 24.5 Å². The van der Waals surface area contributed by atoms with E-state index in [2.05, 4.69) is 56.8 Å². The minimum absolute atomic E-state index is 0.563. The third-order valence-corrected chi connectivity index (χ3v) is 2.97. The Labute approximate surface area is 107 Å². The summed E-state index contributed by atoms with van der Waals surface area (Å²) < 4.78 is 0. The average molecular weight is 239 g/mol. The fraction of sp³-hybridized carbons (Fsp3) is 0.857. The maximum absolute atomic E-state index is 4.50. The lowest BCUT2D eigenvalue weighted by atomic mass is 10.1. The number of rotatable bonds is 8. The van der Waals surface area contributed by atoms with Gasteiger partial charge in [-0.25, -0.2) is 0 Å². The van der Waals surface area contributed by atoms with Crippen LogP contribution in [0.1, 0.15) is 41.5 Å². The second-order valence-electron chi connectivity index (χ2n) is 5.11. The zero-order valence-electron chi connectivity index (χ0n) is 12.4. The Morgan fingerprint density at radius 3 is 1.47 bits per heavy atom. The lowest BCUT2D eigenvalue weighted by molar-refractivity contribution is 0.691. The molecule has 0 aromatic heterocycles. The fourth-order valence-electron chi connectivity index (χ4n) is 1.11. The fourth-order valence-corrected chi connectivity index (χ4v) is 1.11. The van der Waals surface area contributed by atoms with E-state index in [0.717, 1.165) is 26.2 Å². The van der Waals surface area contributed by atoms with Gasteiger partial charge in [-0.3, -0.25) is 9.98 Å². The Morgan fingerprint density at radius 1 is 0.824 bits per heavy atom. The molecule has 0 fully saturated rings. The summed E-state index contributed by atoms with van der Waals surface area (Å²) in [7, 11) is 0. The van der Waals surface area contributed by atoms with E-state index in [1.807, 2.05) is 0 Å². The van der Waals surface area contributed by atoms with E-state index >= 15 is 0 Å². The standard InChI is InChI=1S/C14H29N3/c1-11(2)13(5)16-9-7-15-8-10-17-14(6)12(3)4/h11-12,15H,7-10H2,1-6H3. The van der Waals surface area contributed by atoms with Crippen molar-refractivity contribution in [2.75, 3.05) is 26.2 Å². The lowest BCUT2D eigenvalue weighted by Gasteiger charge is -2.06. The molecule has 0 heterocycles. The smallest absolute Gasteiger partial charge is 0.0513 e. The monoisotopic (exact) mass is 239 g/mol. The zero-order valence-corrected chi connectivity index (χ0v) is 12.4. The van der Waals surface area contributed by atoms with Crippen LogP contribution in [0.4, 0.5) is 0 Å². The van der Waals surface area contributed by atoms with Crippen LogP contribution in [0, 0.1) is 11.8 Å². The molecule has 1 N–H and O–H groups in total. The summed E-state index contributed by atoms with van der Waals surface area (Å²) in [5.41, 5.74) is 2.47. The molecule has 3 heteroatoms. The molecule has 0 aliphatic heterocycles. The van der Waals surface area contributed by atoms with Gasteiger partial charge in [0.2, 0.25) is 0 Å². The molecule has 0 aromatic carbocycles. The van der Waals surface area contributed by atoms with Crippen molar-refractivity contribution >= 4 is 11.4 Å². The van der Waals surface area contributed by atoms with Crippen LogP contribution in [-0.4, -0.2) is 37.6 Å². The van der Waals surface area contributed by atoms with Crippen molar-refractivity contribution in [3.8, 4) is 0 Å². The van der Waals surface area contributed by atoms with Gasteiger partial charge in [0.05, 0.1) is 13.1 Å². The summed E-state index contributed by atoms with van der Waals surface area (Å²) in [6.45, 7) is 16.5. The molecule has 100 valence electrons. The molecule has 17 heavy (non-hydrogen) atoms. The van der Waals surface area contributed by atoms with E-state index in [4.69, 9.17) is 0 Å². The number of hydrogen-bond acceptors (Lipinski definition) is 3. The molecule has 0 radical (unpaired) electrons. The normalized spacial score (nSPS) is 13.9. The highest BCUT2D eigenvalue weighted by Gasteiger charge is 1.97. The number of hydrogen-bond donors (Lipinski definition) is 1. The molecule has 0 bridgehead atoms. The van der Waals surface area contributed by atoms with Gasteiger partial charge in [-0.2, -0.15) is 0 Å². The van der Waals surface area contributed by atoms with Crippen LogP contribution in [0.25, 0.3) is 0 Å². The van der Waals surface area contributed by atoms with Gasteiger partial charge in [0.1, 0.15) is 0 Å². The minimum atomic E-state index is 0.563. The molecule has 0 unspecified atom stereocenters. The molecule has 0 aliphatic rings. The van der Waals surface area contributed by atoms with Crippen LogP contribution < -0.4 is 5.32 Å². The topological polar surface area (TPSA) is 36.8 Å². The first-order valence-corrected chi connectivity index (χ1v) is 6.67. The predicted molar refractivity (Wildman–Crippen MR) is 78.5 cm³/mol. The van der Waals surface area contributed by atoms with Crippen molar-refractivity contribution in [3.63, 3.8) is 0 Å². The summed E-state index contributed by atoms with van der Waals surface area (Å²) >= 11 is 0. The van der Waals surface area contributed by atoms with Crippen LogP contribution in [0.2, 0.25) is 0 Å². The number of aliphatic imine (C=N–C) groups is 2. The van der Waals surface area contributed by atoms with E-state index in [0.29, 0.717) is 11.8 Å². The maximum atomic E-state index is 4.50. The molecular weight excluding hydrogens is 210 g/mol. The number of nitrogens with one attached hydrogen (secondary N) is 1. The van der Waals surface area contributed by atoms with Gasteiger partial charge >= 0.3 is 0 Å². The van der Waals surface area contributed by atoms with Gasteiger partial charge < -0.3 is 5.32 Å². The molecule has 0 aromatic rings. The van der Waals surface area contributed by atoms with E-state index in [1.165, 1.54) is 11.4 Å². The number of nitrogens with zero attached hydrogens (tertiary/aromatic N) is 2. The SMILES string of the molecule is CC(=NCCNCCN=C(C)C(C)C)C(C)C. The Morgan fingerprint density at radius 2 is 1.18 bits per heavy atom. The average Bonchev–Trinajstić information content (AvgIpc) is 2.26. The van der Waals surface area contributed by atoms with Gasteiger partial charge in [-0.05, 0) is 25.7 Å². The van der Waals surface area contributed by atoms with Gasteiger partial charge in [-0.1, -0.05) is 27.7 Å². The molecule has 0 amide bonds. The highest BCUT2D eigenvalue weighted by atomic mass is 14.9. The Hall–Kier alpha value is -0.700. The predicted octanol–water partition coefficient (Wildman–Crippen LogP) is 2.81. The second-order valence-corrected chi connectivity index (χ2v) is 5.11. The van der Waals surface area contributed by atoms with Gasteiger partial charge in [0.15, 0.2) is 0 Å². The second kappa shape index (κ2) is 9.34. The van der Waals surface area contributed by atoms with Crippen molar-refractivity contribution in [2.24, 2.45) is 21.8 Å². The van der Waals surface area contributed by atoms with Crippen LogP contribution in [0.5, 0.6) is 0 Å². The van der Waals surface area contributed by atoms with Crippen LogP contribution in [-0.2, 0) is 0 Å². The van der Waals surface area contributed by atoms with E-state index in [-0.39, 0.29) is 0 Å². The third-order valence-electron chi connectivity index (χ3n) is 2.97. The van der Waals surface area contributed by atoms with Crippen LogP contribution in [0.3, 0.4) is 0 Å². The Kier molecular flexibility index (Phi) is 8.96. The van der Waals surface area contributed by atoms with E-state index < -0.39 is 0 Å². The maximum Gasteiger partial charge on any atom is 0.0513 e. The first-order chi connectivity index (χ1) is 7.95. The molecule has 3 nitrogen and oxygen atoms in total. The minimum Gasteiger partial charge on any atom is -0.313 e. The Bertz CT molecular complexity index is 226. The van der Waals surface area contributed by atoms with Crippen molar-refractivity contribution < 1.29 is 0 Å². The summed E-state index contributed by atoms with van der Waals surface area (Å²) in [6, 6.07) is 0. The van der Waals surface area contributed by atoms with Gasteiger partial charge in [0.25, 0.3) is 0 Å². The summed E-state index contributed by atoms with van der Waals surface area (Å²) in [5, 5.41) is 3.36. The molecule has 0 aliphatic carbocycles. The van der Waals surface area contributed by atoms with Crippen molar-refractivity contribution in [1.29, 1.82) is 0 Å². The first-order valence-electron chi connectivity index (χ1n) is 6.67. The van der Waals surface area contributed by atoms with Crippen molar-refractivity contribution in [2.45, 2.75) is 41.5 Å². The molecule has 0 spiro atoms.